The zero-order valence-corrected chi connectivity index (χ0v) is 26.8. The summed E-state index contributed by atoms with van der Waals surface area (Å²) in [5.41, 5.74) is 8.72. The Labute approximate surface area is 263 Å². The molecule has 0 radical (unpaired) electrons. The maximum atomic E-state index is 12.5. The summed E-state index contributed by atoms with van der Waals surface area (Å²) in [4.78, 5) is 23.2. The van der Waals surface area contributed by atoms with Crippen molar-refractivity contribution in [3.63, 3.8) is 0 Å². The van der Waals surface area contributed by atoms with Gasteiger partial charge in [0.25, 0.3) is 0 Å². The monoisotopic (exact) mass is 609 g/mol. The highest BCUT2D eigenvalue weighted by atomic mass is 16.5. The van der Waals surface area contributed by atoms with Crippen LogP contribution in [0.1, 0.15) is 69.9 Å². The second kappa shape index (κ2) is 11.4. The summed E-state index contributed by atoms with van der Waals surface area (Å²) in [7, 11) is 3.92. The number of amides is 1. The average Bonchev–Trinajstić information content (AvgIpc) is 3.81. The van der Waals surface area contributed by atoms with Gasteiger partial charge < -0.3 is 19.7 Å². The van der Waals surface area contributed by atoms with E-state index in [0.29, 0.717) is 25.5 Å². The van der Waals surface area contributed by atoms with Gasteiger partial charge in [0, 0.05) is 85.6 Å². The van der Waals surface area contributed by atoms with Gasteiger partial charge in [0.15, 0.2) is 0 Å². The number of nitrogens with one attached hydrogen (secondary N) is 1. The van der Waals surface area contributed by atoms with Crippen LogP contribution in [0, 0.1) is 5.41 Å². The van der Waals surface area contributed by atoms with Crippen LogP contribution in [0.4, 0.5) is 0 Å². The average molecular weight is 610 g/mol. The summed E-state index contributed by atoms with van der Waals surface area (Å²) >= 11 is 0. The lowest BCUT2D eigenvalue weighted by Crippen LogP contribution is -2.55. The Morgan fingerprint density at radius 1 is 1.04 bits per heavy atom. The molecule has 2 N–H and O–H groups in total. The molecule has 2 aliphatic heterocycles. The van der Waals surface area contributed by atoms with Crippen LogP contribution in [0.2, 0.25) is 0 Å². The standard InChI is InChI=1S/C32H35N7O2.C3H8O/c1-4-5-25(40)39-10-8-31(9-11-39)18-32(19-31)28-23(17-41-32)13-33-30-27(28)26(29(36-30)22-15-34-37(2)16-22)20-6-7-24-21(12-20)14-35-38(24)3;1-2-3-4/h6-7,12-16H,4-5,8-11,17-19H2,1-3H3,(H,33,36);4H,2-3H2,1H3. The minimum atomic E-state index is -0.312. The van der Waals surface area contributed by atoms with E-state index in [9.17, 15) is 4.79 Å². The molecule has 1 amide bonds. The number of likely N-dealkylation sites (tertiary alicyclic amines) is 1. The lowest BCUT2D eigenvalue weighted by atomic mass is 9.53. The first kappa shape index (κ1) is 29.7. The molecule has 45 heavy (non-hydrogen) atoms. The Balaban J connectivity index is 0.000000770. The molecule has 8 rings (SSSR count). The van der Waals surface area contributed by atoms with Crippen LogP contribution in [0.15, 0.2) is 43.0 Å². The molecule has 10 nitrogen and oxygen atoms in total. The van der Waals surface area contributed by atoms with Gasteiger partial charge >= 0.3 is 0 Å². The first-order valence-electron chi connectivity index (χ1n) is 16.3. The Hall–Kier alpha value is -4.02. The third kappa shape index (κ3) is 4.95. The number of aliphatic hydroxyl groups is 1. The van der Waals surface area contributed by atoms with E-state index >= 15 is 0 Å². The van der Waals surface area contributed by atoms with Crippen molar-refractivity contribution in [3.8, 4) is 22.4 Å². The van der Waals surface area contributed by atoms with E-state index in [1.807, 2.05) is 49.0 Å². The summed E-state index contributed by atoms with van der Waals surface area (Å²) in [6.45, 7) is 6.63. The number of H-pyrrole nitrogens is 1. The number of piperidine rings is 1. The maximum Gasteiger partial charge on any atom is 0.222 e. The first-order valence-corrected chi connectivity index (χ1v) is 16.3. The van der Waals surface area contributed by atoms with Gasteiger partial charge in [0.1, 0.15) is 5.65 Å². The molecule has 2 spiro atoms. The van der Waals surface area contributed by atoms with Gasteiger partial charge in [-0.15, -0.1) is 0 Å². The van der Waals surface area contributed by atoms with Crippen LogP contribution in [0.3, 0.4) is 0 Å². The SMILES string of the molecule is CCCC(=O)N1CCC2(CC1)CC1(C2)OCc2cnc3[nH]c(-c4cnn(C)c4)c(-c4ccc5c(cnn5C)c4)c3c21.CCCO. The summed E-state index contributed by atoms with van der Waals surface area (Å²) < 4.78 is 10.5. The molecule has 1 aromatic carbocycles. The number of hydrogen-bond donors (Lipinski definition) is 2. The van der Waals surface area contributed by atoms with Crippen LogP contribution in [-0.2, 0) is 35.8 Å². The van der Waals surface area contributed by atoms with Gasteiger partial charge in [-0.3, -0.25) is 14.2 Å². The van der Waals surface area contributed by atoms with Crippen LogP contribution in [0.5, 0.6) is 0 Å². The second-order valence-corrected chi connectivity index (χ2v) is 13.2. The molecular formula is C35H43N7O3. The van der Waals surface area contributed by atoms with Crippen LogP contribution in [0.25, 0.3) is 44.3 Å². The highest BCUT2D eigenvalue weighted by Gasteiger charge is 2.60. The lowest BCUT2D eigenvalue weighted by Gasteiger charge is -2.57. The summed E-state index contributed by atoms with van der Waals surface area (Å²) in [5, 5.41) is 19.1. The number of fused-ring (bicyclic) bond motifs is 5. The van der Waals surface area contributed by atoms with E-state index < -0.39 is 0 Å². The smallest absolute Gasteiger partial charge is 0.222 e. The number of ether oxygens (including phenoxy) is 1. The zero-order chi connectivity index (χ0) is 31.3. The molecule has 236 valence electrons. The Morgan fingerprint density at radius 2 is 1.82 bits per heavy atom. The second-order valence-electron chi connectivity index (χ2n) is 13.2. The van der Waals surface area contributed by atoms with E-state index in [1.165, 1.54) is 11.1 Å². The molecule has 10 heteroatoms. The molecule has 5 aromatic rings. The molecule has 3 aliphatic rings. The molecule has 1 saturated carbocycles. The Morgan fingerprint density at radius 3 is 2.51 bits per heavy atom. The number of aryl methyl sites for hydroxylation is 2. The van der Waals surface area contributed by atoms with Gasteiger partial charge in [-0.05, 0) is 61.6 Å². The number of carbonyl (C=O) groups excluding carboxylic acids is 1. The molecule has 0 bridgehead atoms. The lowest BCUT2D eigenvalue weighted by molar-refractivity contribution is -0.184. The van der Waals surface area contributed by atoms with E-state index in [-0.39, 0.29) is 11.0 Å². The highest BCUT2D eigenvalue weighted by Crippen LogP contribution is 2.65. The Kier molecular flexibility index (Phi) is 7.52. The Bertz CT molecular complexity index is 1860. The maximum absolute atomic E-state index is 12.5. The van der Waals surface area contributed by atoms with Gasteiger partial charge in [-0.25, -0.2) is 4.98 Å². The van der Waals surface area contributed by atoms with E-state index in [4.69, 9.17) is 14.8 Å². The van der Waals surface area contributed by atoms with Crippen molar-refractivity contribution >= 4 is 27.8 Å². The quantitative estimate of drug-likeness (QED) is 0.259. The fourth-order valence-electron chi connectivity index (χ4n) is 7.88. The molecular weight excluding hydrogens is 566 g/mol. The zero-order valence-electron chi connectivity index (χ0n) is 26.8. The van der Waals surface area contributed by atoms with E-state index in [2.05, 4.69) is 51.4 Å². The molecule has 2 fully saturated rings. The number of nitrogens with zero attached hydrogens (tertiary/aromatic N) is 6. The van der Waals surface area contributed by atoms with Crippen molar-refractivity contribution in [2.45, 2.75) is 71.0 Å². The molecule has 4 aromatic heterocycles. The van der Waals surface area contributed by atoms with E-state index in [0.717, 1.165) is 95.9 Å². The molecule has 1 aliphatic carbocycles. The molecule has 0 unspecified atom stereocenters. The van der Waals surface area contributed by atoms with Crippen molar-refractivity contribution in [2.75, 3.05) is 19.7 Å². The fraction of sp³-hybridized carbons (Fsp3) is 0.486. The van der Waals surface area contributed by atoms with Crippen molar-refractivity contribution < 1.29 is 14.6 Å². The highest BCUT2D eigenvalue weighted by molar-refractivity contribution is 6.06. The summed E-state index contributed by atoms with van der Waals surface area (Å²) in [5.74, 6) is 0.303. The summed E-state index contributed by atoms with van der Waals surface area (Å²) in [6, 6.07) is 6.58. The van der Waals surface area contributed by atoms with Gasteiger partial charge in [0.05, 0.1) is 35.8 Å². The minimum absolute atomic E-state index is 0.234. The number of carbonyl (C=O) groups is 1. The van der Waals surface area contributed by atoms with Crippen molar-refractivity contribution in [3.05, 3.63) is 54.1 Å². The molecule has 6 heterocycles. The topological polar surface area (TPSA) is 114 Å². The fourth-order valence-corrected chi connectivity index (χ4v) is 7.88. The van der Waals surface area contributed by atoms with Gasteiger partial charge in [-0.1, -0.05) is 19.9 Å². The number of rotatable bonds is 5. The van der Waals surface area contributed by atoms with Crippen molar-refractivity contribution in [1.82, 2.24) is 34.4 Å². The number of hydrogen-bond acceptors (Lipinski definition) is 6. The number of aromatic nitrogens is 6. The van der Waals surface area contributed by atoms with Crippen molar-refractivity contribution in [1.29, 1.82) is 0 Å². The predicted molar refractivity (Wildman–Crippen MR) is 174 cm³/mol. The molecule has 0 atom stereocenters. The van der Waals surface area contributed by atoms with Crippen molar-refractivity contribution in [2.24, 2.45) is 19.5 Å². The van der Waals surface area contributed by atoms with Crippen LogP contribution < -0.4 is 0 Å². The van der Waals surface area contributed by atoms with E-state index in [1.54, 1.807) is 0 Å². The number of benzene rings is 1. The summed E-state index contributed by atoms with van der Waals surface area (Å²) in [6.07, 6.45) is 14.4. The number of aromatic amines is 1. The number of aliphatic hydroxyl groups excluding tert-OH is 1. The normalized spacial score (nSPS) is 17.9. The van der Waals surface area contributed by atoms with Crippen LogP contribution in [-0.4, -0.2) is 65.1 Å². The van der Waals surface area contributed by atoms with Gasteiger partial charge in [-0.2, -0.15) is 10.2 Å². The largest absolute Gasteiger partial charge is 0.396 e. The number of pyridine rings is 1. The van der Waals surface area contributed by atoms with Crippen LogP contribution >= 0.6 is 0 Å². The third-order valence-corrected chi connectivity index (χ3v) is 10.1. The molecule has 1 saturated heterocycles. The first-order chi connectivity index (χ1) is 21.8. The minimum Gasteiger partial charge on any atom is -0.396 e. The third-order valence-electron chi connectivity index (χ3n) is 10.1. The predicted octanol–water partition coefficient (Wildman–Crippen LogP) is 5.83. The van der Waals surface area contributed by atoms with Gasteiger partial charge in [0.2, 0.25) is 5.91 Å².